The number of halogens is 7. The van der Waals surface area contributed by atoms with Crippen LogP contribution in [-0.2, 0) is 6.61 Å². The van der Waals surface area contributed by atoms with E-state index in [1.54, 1.807) is 97.1 Å². The molecule has 624 valence electrons. The molecular weight excluding hydrogens is 1630 g/mol. The zero-order valence-corrected chi connectivity index (χ0v) is 71.5. The van der Waals surface area contributed by atoms with Crippen LogP contribution in [0.2, 0.25) is 15.1 Å². The molecule has 0 fully saturated rings. The van der Waals surface area contributed by atoms with Gasteiger partial charge in [-0.15, -0.1) is 0 Å². The third kappa shape index (κ3) is 25.0. The van der Waals surface area contributed by atoms with Gasteiger partial charge in [-0.3, -0.25) is 49.5 Å². The predicted octanol–water partition coefficient (Wildman–Crippen LogP) is 25.0. The van der Waals surface area contributed by atoms with Gasteiger partial charge in [0.05, 0.1) is 73.6 Å². The first kappa shape index (κ1) is 90.6. The summed E-state index contributed by atoms with van der Waals surface area (Å²) in [6, 6.07) is 64.1. The number of carbonyl (C=O) groups excluding carboxylic acids is 5. The van der Waals surface area contributed by atoms with Crippen LogP contribution in [0.25, 0.3) is 86.7 Å². The van der Waals surface area contributed by atoms with Gasteiger partial charge in [0, 0.05) is 60.7 Å². The number of nitrogens with zero attached hydrogens (tertiary/aromatic N) is 5. The molecule has 5 aromatic heterocycles. The van der Waals surface area contributed by atoms with E-state index in [1.807, 2.05) is 197 Å². The average molecular weight is 1720 g/mol. The molecule has 6 N–H and O–H groups in total. The van der Waals surface area contributed by atoms with Crippen molar-refractivity contribution in [3.05, 3.63) is 411 Å². The van der Waals surface area contributed by atoms with Gasteiger partial charge in [0.15, 0.2) is 40.6 Å². The number of allylic oxidation sites excluding steroid dienone is 5. The second-order valence-electron chi connectivity index (χ2n) is 29.3. The van der Waals surface area contributed by atoms with Crippen molar-refractivity contribution in [2.75, 3.05) is 0 Å². The van der Waals surface area contributed by atoms with Gasteiger partial charge in [-0.1, -0.05) is 120 Å². The van der Waals surface area contributed by atoms with Gasteiger partial charge < -0.3 is 5.11 Å². The first-order chi connectivity index (χ1) is 59.4. The van der Waals surface area contributed by atoms with Crippen molar-refractivity contribution in [2.45, 2.75) is 75.8 Å². The molecule has 10 aromatic carbocycles. The molecule has 5 heterocycles. The van der Waals surface area contributed by atoms with Crippen molar-refractivity contribution in [1.82, 2.24) is 51.0 Å². The molecule has 124 heavy (non-hydrogen) atoms. The summed E-state index contributed by atoms with van der Waals surface area (Å²) >= 11 is 17.9. The Kier molecular flexibility index (Phi) is 31.0. The number of benzene rings is 10. The molecule has 0 aliphatic carbocycles. The van der Waals surface area contributed by atoms with E-state index in [1.165, 1.54) is 59.7 Å². The standard InChI is InChI=1S/C21H19FN2O2.C20H16Cl2N2O.C20H17ClN2O.C20H16F2N2O.C20H17FN2O/c1-13-3-5-16(9-14(13)2)21(26)8-6-17-11-20(24-23-17)18-7-4-15(12-25)10-19(18)22;1-12-3-4-15(9-13(12)2)20(25)8-6-16-11-19(24-23-16)14-5-7-17(21)18(22)10-14;1-13-3-4-16(11-14(13)2)20(24)10-9-18-12-19(23-22-18)15-5-7-17(21)8-6-15;1-12-3-4-15(9-13(12)2)20(25)8-6-16-11-19(24-23-16)14-5-7-17(21)18(22)10-14;1-13-3-4-16(11-14(13)2)20(24)10-9-18-12-19(23-22-18)15-5-7-17(21)8-6-15/h3-11,25H,12H2,1-2H3,(H,23,24);3-11H,1-2H3,(H,23,24);3-12H,1-2H3,(H,22,23);3-11H,1-2H3,(H,23,24);3-12H,1-2H3,(H,22,23)/b2*8-6+;10-9+;8-6+;10-9+. The fraction of sp³-hybridized carbons (Fsp3) is 0.109. The number of nitrogens with one attached hydrogen (secondary N) is 5. The van der Waals surface area contributed by atoms with E-state index >= 15 is 0 Å². The third-order valence-corrected chi connectivity index (χ3v) is 21.2. The molecule has 0 atom stereocenters. The number of aromatic nitrogens is 10. The predicted molar refractivity (Wildman–Crippen MR) is 487 cm³/mol. The molecule has 0 saturated carbocycles. The maximum absolute atomic E-state index is 14.1. The second kappa shape index (κ2) is 42.4. The molecule has 0 aliphatic rings. The molecule has 0 aliphatic heterocycles. The van der Waals surface area contributed by atoms with Gasteiger partial charge in [-0.05, 0) is 331 Å². The van der Waals surface area contributed by atoms with Crippen LogP contribution in [0, 0.1) is 92.5 Å². The van der Waals surface area contributed by atoms with Crippen molar-refractivity contribution in [2.24, 2.45) is 0 Å². The Morgan fingerprint density at radius 2 is 0.589 bits per heavy atom. The van der Waals surface area contributed by atoms with Crippen molar-refractivity contribution in [3.8, 4) is 56.3 Å². The lowest BCUT2D eigenvalue weighted by Gasteiger charge is -2.01. The van der Waals surface area contributed by atoms with Crippen LogP contribution < -0.4 is 0 Å². The van der Waals surface area contributed by atoms with Crippen LogP contribution in [0.3, 0.4) is 0 Å². The van der Waals surface area contributed by atoms with Crippen LogP contribution in [0.5, 0.6) is 0 Å². The van der Waals surface area contributed by atoms with E-state index < -0.39 is 17.5 Å². The van der Waals surface area contributed by atoms with E-state index in [0.717, 1.165) is 96.1 Å². The molecule has 0 saturated heterocycles. The number of aryl methyl sites for hydroxylation is 10. The summed E-state index contributed by atoms with van der Waals surface area (Å²) in [6.45, 7) is 19.7. The van der Waals surface area contributed by atoms with Gasteiger partial charge in [-0.2, -0.15) is 25.5 Å². The van der Waals surface area contributed by atoms with E-state index in [2.05, 4.69) is 51.0 Å². The highest BCUT2D eigenvalue weighted by molar-refractivity contribution is 6.42. The summed E-state index contributed by atoms with van der Waals surface area (Å²) in [5.41, 5.74) is 24.9. The lowest BCUT2D eigenvalue weighted by Crippen LogP contribution is -1.95. The number of aromatic amines is 5. The number of hydrogen-bond donors (Lipinski definition) is 6. The Balaban J connectivity index is 0.000000151. The molecule has 15 aromatic rings. The van der Waals surface area contributed by atoms with Crippen molar-refractivity contribution in [1.29, 1.82) is 0 Å². The largest absolute Gasteiger partial charge is 0.392 e. The summed E-state index contributed by atoms with van der Waals surface area (Å²) in [6.07, 6.45) is 15.9. The van der Waals surface area contributed by atoms with E-state index in [0.29, 0.717) is 93.7 Å². The highest BCUT2D eigenvalue weighted by Crippen LogP contribution is 2.31. The molecule has 0 spiro atoms. The molecule has 0 unspecified atom stereocenters. The normalized spacial score (nSPS) is 11.2. The minimum absolute atomic E-state index is 0.0271. The van der Waals surface area contributed by atoms with E-state index in [-0.39, 0.29) is 41.3 Å². The zero-order valence-electron chi connectivity index (χ0n) is 69.2. The third-order valence-electron chi connectivity index (χ3n) is 20.2. The zero-order chi connectivity index (χ0) is 88.8. The van der Waals surface area contributed by atoms with Crippen LogP contribution in [0.4, 0.5) is 17.6 Å². The number of H-pyrrole nitrogens is 5. The van der Waals surface area contributed by atoms with Crippen LogP contribution in [-0.4, -0.2) is 85.0 Å². The van der Waals surface area contributed by atoms with E-state index in [9.17, 15) is 41.5 Å². The first-order valence-electron chi connectivity index (χ1n) is 39.0. The molecule has 0 radical (unpaired) electrons. The smallest absolute Gasteiger partial charge is 0.185 e. The number of carbonyl (C=O) groups is 5. The van der Waals surface area contributed by atoms with Crippen LogP contribution >= 0.6 is 34.8 Å². The number of rotatable bonds is 21. The van der Waals surface area contributed by atoms with E-state index in [4.69, 9.17) is 39.9 Å². The quantitative estimate of drug-likeness (QED) is 0.0224. The molecule has 16 nitrogen and oxygen atoms in total. The first-order valence-corrected chi connectivity index (χ1v) is 40.1. The van der Waals surface area contributed by atoms with Gasteiger partial charge in [0.2, 0.25) is 0 Å². The Morgan fingerprint density at radius 3 is 0.903 bits per heavy atom. The lowest BCUT2D eigenvalue weighted by molar-refractivity contribution is 0.103. The molecule has 0 bridgehead atoms. The topological polar surface area (TPSA) is 249 Å². The minimum Gasteiger partial charge on any atom is -0.392 e. The Hall–Kier alpha value is -14.2. The Labute approximate surface area is 729 Å². The lowest BCUT2D eigenvalue weighted by atomic mass is 10.0. The van der Waals surface area contributed by atoms with Crippen molar-refractivity contribution < 1.29 is 46.6 Å². The molecule has 23 heteroatoms. The second-order valence-corrected chi connectivity index (χ2v) is 30.5. The minimum atomic E-state index is -0.928. The van der Waals surface area contributed by atoms with Crippen LogP contribution in [0.15, 0.2) is 255 Å². The van der Waals surface area contributed by atoms with Gasteiger partial charge in [-0.25, -0.2) is 17.6 Å². The maximum Gasteiger partial charge on any atom is 0.185 e. The SMILES string of the molecule is Cc1ccc(C(=O)/C=C/c2cc(-c3ccc(CO)cc3F)n[nH]2)cc1C.Cc1ccc(C(=O)/C=C/c2cc(-c3ccc(Cl)c(Cl)c3)n[nH]2)cc1C.Cc1ccc(C(=O)/C=C/c2cc(-c3ccc(Cl)cc3)n[nH]2)cc1C.Cc1ccc(C(=O)/C=C/c2cc(-c3ccc(F)c(F)c3)n[nH]2)cc1C.Cc1ccc(C(=O)/C=C/c2cc(-c3ccc(F)cc3)n[nH]2)cc1C. The number of hydrogen-bond acceptors (Lipinski definition) is 11. The fourth-order valence-corrected chi connectivity index (χ4v) is 12.5. The summed E-state index contributed by atoms with van der Waals surface area (Å²) in [5, 5.41) is 45.8. The summed E-state index contributed by atoms with van der Waals surface area (Å²) in [7, 11) is 0. The monoisotopic (exact) mass is 1710 g/mol. The number of ketones is 5. The number of aliphatic hydroxyl groups is 1. The number of aliphatic hydroxyl groups excluding tert-OH is 1. The Bertz CT molecular complexity index is 6270. The summed E-state index contributed by atoms with van der Waals surface area (Å²) in [5.74, 6) is -2.93. The molecule has 15 rings (SSSR count). The fourth-order valence-electron chi connectivity index (χ4n) is 12.0. The van der Waals surface area contributed by atoms with Gasteiger partial charge in [0.25, 0.3) is 0 Å². The van der Waals surface area contributed by atoms with Gasteiger partial charge in [0.1, 0.15) is 11.6 Å². The van der Waals surface area contributed by atoms with Crippen molar-refractivity contribution >= 4 is 94.1 Å². The molecular formula is C101H85Cl3F4N10O6. The summed E-state index contributed by atoms with van der Waals surface area (Å²) < 4.78 is 53.4. The highest BCUT2D eigenvalue weighted by atomic mass is 35.5. The van der Waals surface area contributed by atoms with Crippen molar-refractivity contribution in [3.63, 3.8) is 0 Å². The average Bonchev–Trinajstić information content (AvgIpc) is 1.77. The Morgan fingerprint density at radius 1 is 0.290 bits per heavy atom. The van der Waals surface area contributed by atoms with Gasteiger partial charge >= 0.3 is 0 Å². The van der Waals surface area contributed by atoms with Crippen LogP contribution in [0.1, 0.15) is 141 Å². The maximum atomic E-state index is 14.1. The highest BCUT2D eigenvalue weighted by Gasteiger charge is 2.16. The molecule has 0 amide bonds. The summed E-state index contributed by atoms with van der Waals surface area (Å²) in [4.78, 5) is 61.3.